The van der Waals surface area contributed by atoms with Gasteiger partial charge in [0.25, 0.3) is 0 Å². The minimum atomic E-state index is -0.381. The Morgan fingerprint density at radius 1 is 0.720 bits per heavy atom. The van der Waals surface area contributed by atoms with Gasteiger partial charge in [-0.3, -0.25) is 0 Å². The second-order valence-electron chi connectivity index (χ2n) is 5.19. The Morgan fingerprint density at radius 3 is 1.88 bits per heavy atom. The van der Waals surface area contributed by atoms with Gasteiger partial charge in [-0.1, -0.05) is 42.5 Å². The van der Waals surface area contributed by atoms with Crippen molar-refractivity contribution in [1.82, 2.24) is 0 Å². The van der Waals surface area contributed by atoms with E-state index in [4.69, 9.17) is 9.47 Å². The number of ether oxygens (including phenoxy) is 2. The van der Waals surface area contributed by atoms with Crippen molar-refractivity contribution in [3.63, 3.8) is 0 Å². The number of anilines is 2. The third kappa shape index (κ3) is 4.29. The van der Waals surface area contributed by atoms with Gasteiger partial charge >= 0.3 is 6.03 Å². The normalized spacial score (nSPS) is 9.96. The molecule has 0 aliphatic carbocycles. The maximum Gasteiger partial charge on any atom is 0.323 e. The van der Waals surface area contributed by atoms with Crippen molar-refractivity contribution in [2.45, 2.75) is 0 Å². The number of carbonyl (C=O) groups is 1. The zero-order valence-corrected chi connectivity index (χ0v) is 13.7. The first kappa shape index (κ1) is 16.4. The third-order valence-corrected chi connectivity index (χ3v) is 3.46. The molecule has 0 aromatic heterocycles. The van der Waals surface area contributed by atoms with Crippen LogP contribution in [0.3, 0.4) is 0 Å². The average Bonchev–Trinajstić information content (AvgIpc) is 2.64. The maximum atomic E-state index is 12.3. The molecule has 5 heteroatoms. The SMILES string of the molecule is COc1ccccc1NC(=O)Nc1ccccc1Oc1ccccc1. The van der Waals surface area contributed by atoms with Gasteiger partial charge in [-0.15, -0.1) is 0 Å². The van der Waals surface area contributed by atoms with Crippen LogP contribution >= 0.6 is 0 Å². The van der Waals surface area contributed by atoms with E-state index in [0.717, 1.165) is 0 Å². The molecule has 5 nitrogen and oxygen atoms in total. The highest BCUT2D eigenvalue weighted by molar-refractivity contribution is 6.01. The molecule has 0 unspecified atom stereocenters. The lowest BCUT2D eigenvalue weighted by Crippen LogP contribution is -2.20. The van der Waals surface area contributed by atoms with Crippen LogP contribution in [0.1, 0.15) is 0 Å². The third-order valence-electron chi connectivity index (χ3n) is 3.46. The lowest BCUT2D eigenvalue weighted by molar-refractivity contribution is 0.262. The smallest absolute Gasteiger partial charge is 0.323 e. The van der Waals surface area contributed by atoms with Crippen LogP contribution in [0.25, 0.3) is 0 Å². The highest BCUT2D eigenvalue weighted by atomic mass is 16.5. The fourth-order valence-corrected chi connectivity index (χ4v) is 2.30. The number of methoxy groups -OCH3 is 1. The fourth-order valence-electron chi connectivity index (χ4n) is 2.30. The molecule has 25 heavy (non-hydrogen) atoms. The summed E-state index contributed by atoms with van der Waals surface area (Å²) in [6.45, 7) is 0. The predicted octanol–water partition coefficient (Wildman–Crippen LogP) is 5.13. The topological polar surface area (TPSA) is 59.6 Å². The molecule has 0 saturated carbocycles. The van der Waals surface area contributed by atoms with E-state index in [0.29, 0.717) is 28.6 Å². The monoisotopic (exact) mass is 334 g/mol. The van der Waals surface area contributed by atoms with E-state index in [-0.39, 0.29) is 6.03 Å². The number of amides is 2. The van der Waals surface area contributed by atoms with Gasteiger partial charge in [0.15, 0.2) is 5.75 Å². The fraction of sp³-hybridized carbons (Fsp3) is 0.0500. The van der Waals surface area contributed by atoms with Crippen molar-refractivity contribution in [2.75, 3.05) is 17.7 Å². The van der Waals surface area contributed by atoms with Gasteiger partial charge in [0.05, 0.1) is 18.5 Å². The molecular weight excluding hydrogens is 316 g/mol. The number of hydrogen-bond acceptors (Lipinski definition) is 3. The Kier molecular flexibility index (Phi) is 5.16. The van der Waals surface area contributed by atoms with Gasteiger partial charge in [0.1, 0.15) is 11.5 Å². The Labute approximate surface area is 146 Å². The Balaban J connectivity index is 1.73. The highest BCUT2D eigenvalue weighted by Crippen LogP contribution is 2.29. The number of nitrogens with one attached hydrogen (secondary N) is 2. The summed E-state index contributed by atoms with van der Waals surface area (Å²) in [5, 5.41) is 5.57. The Hall–Kier alpha value is -3.47. The first-order valence-corrected chi connectivity index (χ1v) is 7.79. The summed E-state index contributed by atoms with van der Waals surface area (Å²) in [6, 6.07) is 23.5. The molecule has 0 spiro atoms. The number of carbonyl (C=O) groups excluding carboxylic acids is 1. The Morgan fingerprint density at radius 2 is 1.24 bits per heavy atom. The van der Waals surface area contributed by atoms with Crippen LogP contribution in [0.15, 0.2) is 78.9 Å². The van der Waals surface area contributed by atoms with Gasteiger partial charge in [0, 0.05) is 0 Å². The molecular formula is C20H18N2O3. The second kappa shape index (κ2) is 7.88. The van der Waals surface area contributed by atoms with Gasteiger partial charge in [-0.2, -0.15) is 0 Å². The second-order valence-corrected chi connectivity index (χ2v) is 5.19. The van der Waals surface area contributed by atoms with E-state index in [1.165, 1.54) is 0 Å². The van der Waals surface area contributed by atoms with Crippen LogP contribution in [-0.4, -0.2) is 13.1 Å². The quantitative estimate of drug-likeness (QED) is 0.680. The Bertz CT molecular complexity index is 850. The number of rotatable bonds is 5. The average molecular weight is 334 g/mol. The predicted molar refractivity (Wildman–Crippen MR) is 98.6 cm³/mol. The van der Waals surface area contributed by atoms with Crippen molar-refractivity contribution < 1.29 is 14.3 Å². The first-order valence-electron chi connectivity index (χ1n) is 7.79. The molecule has 0 aliphatic heterocycles. The number of urea groups is 1. The molecule has 3 aromatic carbocycles. The van der Waals surface area contributed by atoms with Crippen molar-refractivity contribution in [3.05, 3.63) is 78.9 Å². The van der Waals surface area contributed by atoms with E-state index < -0.39 is 0 Å². The first-order chi connectivity index (χ1) is 12.3. The van der Waals surface area contributed by atoms with Crippen LogP contribution in [0.4, 0.5) is 16.2 Å². The van der Waals surface area contributed by atoms with Gasteiger partial charge in [-0.25, -0.2) is 4.79 Å². The molecule has 0 atom stereocenters. The standard InChI is InChI=1S/C20H18N2O3/c1-24-18-13-7-5-11-16(18)21-20(23)22-17-12-6-8-14-19(17)25-15-9-3-2-4-10-15/h2-14H,1H3,(H2,21,22,23). The molecule has 3 aromatic rings. The minimum Gasteiger partial charge on any atom is -0.495 e. The highest BCUT2D eigenvalue weighted by Gasteiger charge is 2.10. The van der Waals surface area contributed by atoms with Crippen LogP contribution in [-0.2, 0) is 0 Å². The maximum absolute atomic E-state index is 12.3. The summed E-state index contributed by atoms with van der Waals surface area (Å²) in [4.78, 5) is 12.3. The molecule has 2 amide bonds. The summed E-state index contributed by atoms with van der Waals surface area (Å²) in [5.74, 6) is 1.84. The lowest BCUT2D eigenvalue weighted by Gasteiger charge is -2.14. The molecule has 0 fully saturated rings. The van der Waals surface area contributed by atoms with Crippen LogP contribution in [0.5, 0.6) is 17.2 Å². The summed E-state index contributed by atoms with van der Waals surface area (Å²) in [5.41, 5.74) is 1.16. The molecule has 2 N–H and O–H groups in total. The summed E-state index contributed by atoms with van der Waals surface area (Å²) < 4.78 is 11.1. The van der Waals surface area contributed by atoms with Gasteiger partial charge < -0.3 is 20.1 Å². The largest absolute Gasteiger partial charge is 0.495 e. The zero-order chi connectivity index (χ0) is 17.5. The van der Waals surface area contributed by atoms with E-state index in [1.807, 2.05) is 54.6 Å². The lowest BCUT2D eigenvalue weighted by atomic mass is 10.3. The molecule has 0 radical (unpaired) electrons. The summed E-state index contributed by atoms with van der Waals surface area (Å²) in [7, 11) is 1.56. The van der Waals surface area contributed by atoms with Crippen LogP contribution in [0.2, 0.25) is 0 Å². The molecule has 0 heterocycles. The van der Waals surface area contributed by atoms with Gasteiger partial charge in [0.2, 0.25) is 0 Å². The van der Waals surface area contributed by atoms with Gasteiger partial charge in [-0.05, 0) is 36.4 Å². The van der Waals surface area contributed by atoms with Crippen LogP contribution in [0, 0.1) is 0 Å². The number of para-hydroxylation sites is 5. The summed E-state index contributed by atoms with van der Waals surface area (Å²) in [6.07, 6.45) is 0. The van der Waals surface area contributed by atoms with E-state index in [2.05, 4.69) is 10.6 Å². The molecule has 0 bridgehead atoms. The molecule has 126 valence electrons. The van der Waals surface area contributed by atoms with Crippen molar-refractivity contribution in [1.29, 1.82) is 0 Å². The van der Waals surface area contributed by atoms with Crippen molar-refractivity contribution in [3.8, 4) is 17.2 Å². The van der Waals surface area contributed by atoms with Crippen LogP contribution < -0.4 is 20.1 Å². The van der Waals surface area contributed by atoms with E-state index >= 15 is 0 Å². The van der Waals surface area contributed by atoms with E-state index in [1.54, 1.807) is 31.4 Å². The molecule has 0 saturated heterocycles. The minimum absolute atomic E-state index is 0.381. The zero-order valence-electron chi connectivity index (χ0n) is 13.7. The molecule has 0 aliphatic rings. The number of benzene rings is 3. The van der Waals surface area contributed by atoms with E-state index in [9.17, 15) is 4.79 Å². The number of hydrogen-bond donors (Lipinski definition) is 2. The van der Waals surface area contributed by atoms with Crippen molar-refractivity contribution in [2.24, 2.45) is 0 Å². The summed E-state index contributed by atoms with van der Waals surface area (Å²) >= 11 is 0. The van der Waals surface area contributed by atoms with Crippen molar-refractivity contribution >= 4 is 17.4 Å². The molecule has 3 rings (SSSR count).